The molecule has 0 aromatic heterocycles. The number of methoxy groups -OCH3 is 1. The van der Waals surface area contributed by atoms with Crippen molar-refractivity contribution in [3.05, 3.63) is 34.1 Å². The first-order valence-corrected chi connectivity index (χ1v) is 6.88. The molecule has 1 aliphatic rings. The van der Waals surface area contributed by atoms with Crippen LogP contribution in [0.2, 0.25) is 0 Å². The Morgan fingerprint density at radius 3 is 2.61 bits per heavy atom. The minimum absolute atomic E-state index is 0.0556. The lowest BCUT2D eigenvalue weighted by Crippen LogP contribution is -2.38. The Labute approximate surface area is 115 Å². The molecule has 0 amide bonds. The first-order valence-electron chi connectivity index (χ1n) is 6.09. The van der Waals surface area contributed by atoms with Gasteiger partial charge in [-0.15, -0.1) is 0 Å². The Morgan fingerprint density at radius 1 is 1.39 bits per heavy atom. The van der Waals surface area contributed by atoms with Gasteiger partial charge in [-0.3, -0.25) is 4.79 Å². The Bertz CT molecular complexity index is 433. The van der Waals surface area contributed by atoms with Crippen molar-refractivity contribution in [3.8, 4) is 0 Å². The SMILES string of the molecule is COC1(C(=O)Cc2cc(F)cc(Br)c2)CCCC1. The van der Waals surface area contributed by atoms with Crippen molar-refractivity contribution < 1.29 is 13.9 Å². The summed E-state index contributed by atoms with van der Waals surface area (Å²) in [4.78, 5) is 12.3. The number of hydrogen-bond donors (Lipinski definition) is 0. The second-order valence-electron chi connectivity index (χ2n) is 4.78. The minimum atomic E-state index is -0.640. The fraction of sp³-hybridized carbons (Fsp3) is 0.500. The number of hydrogen-bond acceptors (Lipinski definition) is 2. The molecule has 1 aromatic carbocycles. The summed E-state index contributed by atoms with van der Waals surface area (Å²) in [6.45, 7) is 0. The van der Waals surface area contributed by atoms with Gasteiger partial charge in [0, 0.05) is 18.0 Å². The van der Waals surface area contributed by atoms with Crippen LogP contribution < -0.4 is 0 Å². The third kappa shape index (κ3) is 2.81. The zero-order valence-corrected chi connectivity index (χ0v) is 11.9. The quantitative estimate of drug-likeness (QED) is 0.847. The van der Waals surface area contributed by atoms with E-state index < -0.39 is 5.60 Å². The molecule has 0 atom stereocenters. The first-order chi connectivity index (χ1) is 8.55. The van der Waals surface area contributed by atoms with Crippen molar-refractivity contribution in [1.82, 2.24) is 0 Å². The van der Waals surface area contributed by atoms with E-state index in [1.54, 1.807) is 13.2 Å². The van der Waals surface area contributed by atoms with Gasteiger partial charge >= 0.3 is 0 Å². The number of halogens is 2. The van der Waals surface area contributed by atoms with Gasteiger partial charge in [-0.2, -0.15) is 0 Å². The average Bonchev–Trinajstić information content (AvgIpc) is 2.77. The predicted octanol–water partition coefficient (Wildman–Crippen LogP) is 3.66. The Kier molecular flexibility index (Phi) is 4.17. The molecule has 2 nitrogen and oxygen atoms in total. The summed E-state index contributed by atoms with van der Waals surface area (Å²) < 4.78 is 19.4. The summed E-state index contributed by atoms with van der Waals surface area (Å²) in [6.07, 6.45) is 3.82. The van der Waals surface area contributed by atoms with Crippen molar-refractivity contribution in [3.63, 3.8) is 0 Å². The summed E-state index contributed by atoms with van der Waals surface area (Å²) >= 11 is 3.23. The molecule has 98 valence electrons. The van der Waals surface area contributed by atoms with Gasteiger partial charge in [0.1, 0.15) is 11.4 Å². The Hall–Kier alpha value is -0.740. The molecular formula is C14H16BrFO2. The van der Waals surface area contributed by atoms with Crippen LogP contribution in [0.15, 0.2) is 22.7 Å². The number of ketones is 1. The van der Waals surface area contributed by atoms with Crippen molar-refractivity contribution in [2.45, 2.75) is 37.7 Å². The summed E-state index contributed by atoms with van der Waals surface area (Å²) in [5, 5.41) is 0. The molecule has 0 saturated heterocycles. The number of rotatable bonds is 4. The van der Waals surface area contributed by atoms with Crippen LogP contribution in [0, 0.1) is 5.82 Å². The molecule has 1 fully saturated rings. The van der Waals surface area contributed by atoms with Crippen molar-refractivity contribution in [1.29, 1.82) is 0 Å². The van der Waals surface area contributed by atoms with Gasteiger partial charge in [0.15, 0.2) is 5.78 Å². The average molecular weight is 315 g/mol. The van der Waals surface area contributed by atoms with Gasteiger partial charge in [-0.25, -0.2) is 4.39 Å². The zero-order valence-electron chi connectivity index (χ0n) is 10.3. The van der Waals surface area contributed by atoms with E-state index in [9.17, 15) is 9.18 Å². The topological polar surface area (TPSA) is 26.3 Å². The normalized spacial score (nSPS) is 17.9. The largest absolute Gasteiger partial charge is 0.370 e. The summed E-state index contributed by atoms with van der Waals surface area (Å²) in [5.74, 6) is -0.273. The van der Waals surface area contributed by atoms with Crippen LogP contribution in [0.5, 0.6) is 0 Å². The van der Waals surface area contributed by atoms with Crippen molar-refractivity contribution >= 4 is 21.7 Å². The molecule has 0 aliphatic heterocycles. The lowest BCUT2D eigenvalue weighted by molar-refractivity contribution is -0.139. The van der Waals surface area contributed by atoms with Gasteiger partial charge in [-0.1, -0.05) is 15.9 Å². The van der Waals surface area contributed by atoms with E-state index in [2.05, 4.69) is 15.9 Å². The number of Topliss-reactive ketones (excluding diaryl/α,β-unsaturated/α-hetero) is 1. The number of carbonyl (C=O) groups is 1. The van der Waals surface area contributed by atoms with E-state index in [1.165, 1.54) is 12.1 Å². The van der Waals surface area contributed by atoms with Crippen LogP contribution in [0.3, 0.4) is 0 Å². The lowest BCUT2D eigenvalue weighted by Gasteiger charge is -2.25. The summed E-state index contributed by atoms with van der Waals surface area (Å²) in [6, 6.07) is 4.57. The highest BCUT2D eigenvalue weighted by molar-refractivity contribution is 9.10. The molecule has 0 unspecified atom stereocenters. The maximum absolute atomic E-state index is 13.3. The fourth-order valence-corrected chi connectivity index (χ4v) is 3.12. The van der Waals surface area contributed by atoms with E-state index in [0.29, 0.717) is 10.0 Å². The molecule has 0 radical (unpaired) electrons. The Morgan fingerprint density at radius 2 is 2.06 bits per heavy atom. The molecular weight excluding hydrogens is 299 g/mol. The molecule has 1 saturated carbocycles. The van der Waals surface area contributed by atoms with Crippen LogP contribution in [0.1, 0.15) is 31.2 Å². The summed E-state index contributed by atoms with van der Waals surface area (Å²) in [7, 11) is 1.59. The van der Waals surface area contributed by atoms with Gasteiger partial charge in [0.25, 0.3) is 0 Å². The molecule has 0 bridgehead atoms. The van der Waals surface area contributed by atoms with Crippen LogP contribution in [0.25, 0.3) is 0 Å². The van der Waals surface area contributed by atoms with Gasteiger partial charge < -0.3 is 4.74 Å². The highest BCUT2D eigenvalue weighted by Gasteiger charge is 2.40. The molecule has 1 aromatic rings. The fourth-order valence-electron chi connectivity index (χ4n) is 2.60. The third-order valence-electron chi connectivity index (χ3n) is 3.60. The molecule has 1 aliphatic carbocycles. The number of carbonyl (C=O) groups excluding carboxylic acids is 1. The Balaban J connectivity index is 2.15. The monoisotopic (exact) mass is 314 g/mol. The first kappa shape index (κ1) is 13.7. The molecule has 0 heterocycles. The van der Waals surface area contributed by atoms with E-state index >= 15 is 0 Å². The second-order valence-corrected chi connectivity index (χ2v) is 5.70. The van der Waals surface area contributed by atoms with Gasteiger partial charge in [0.05, 0.1) is 0 Å². The zero-order chi connectivity index (χ0) is 13.2. The van der Waals surface area contributed by atoms with Gasteiger partial charge in [0.2, 0.25) is 0 Å². The minimum Gasteiger partial charge on any atom is -0.370 e. The van der Waals surface area contributed by atoms with Crippen LogP contribution in [-0.2, 0) is 16.0 Å². The maximum atomic E-state index is 13.3. The van der Waals surface area contributed by atoms with Crippen LogP contribution >= 0.6 is 15.9 Å². The highest BCUT2D eigenvalue weighted by atomic mass is 79.9. The predicted molar refractivity (Wildman–Crippen MR) is 71.0 cm³/mol. The smallest absolute Gasteiger partial charge is 0.168 e. The highest BCUT2D eigenvalue weighted by Crippen LogP contribution is 2.34. The summed E-state index contributed by atoms with van der Waals surface area (Å²) in [5.41, 5.74) is 0.0499. The molecule has 18 heavy (non-hydrogen) atoms. The second kappa shape index (κ2) is 5.49. The maximum Gasteiger partial charge on any atom is 0.168 e. The van der Waals surface area contributed by atoms with Crippen molar-refractivity contribution in [2.75, 3.05) is 7.11 Å². The van der Waals surface area contributed by atoms with E-state index in [1.807, 2.05) is 0 Å². The lowest BCUT2D eigenvalue weighted by atomic mass is 9.91. The van der Waals surface area contributed by atoms with Crippen LogP contribution in [-0.4, -0.2) is 18.5 Å². The van der Waals surface area contributed by atoms with E-state index in [-0.39, 0.29) is 18.0 Å². The molecule has 0 N–H and O–H groups in total. The standard InChI is InChI=1S/C14H16BrFO2/c1-18-14(4-2-3-5-14)13(17)8-10-6-11(15)9-12(16)7-10/h6-7,9H,2-5,8H2,1H3. The van der Waals surface area contributed by atoms with E-state index in [4.69, 9.17) is 4.74 Å². The molecule has 0 spiro atoms. The van der Waals surface area contributed by atoms with Crippen molar-refractivity contribution in [2.24, 2.45) is 0 Å². The molecule has 2 rings (SSSR count). The number of ether oxygens (including phenoxy) is 1. The third-order valence-corrected chi connectivity index (χ3v) is 4.06. The number of benzene rings is 1. The van der Waals surface area contributed by atoms with E-state index in [0.717, 1.165) is 25.7 Å². The molecule has 4 heteroatoms. The van der Waals surface area contributed by atoms with Crippen LogP contribution in [0.4, 0.5) is 4.39 Å². The van der Waals surface area contributed by atoms with Gasteiger partial charge in [-0.05, 0) is 49.4 Å².